The van der Waals surface area contributed by atoms with Gasteiger partial charge in [0, 0.05) is 13.1 Å². The van der Waals surface area contributed by atoms with Crippen molar-refractivity contribution >= 4 is 5.91 Å². The number of likely N-dealkylation sites (tertiary alicyclic amines) is 1. The Morgan fingerprint density at radius 3 is 2.58 bits per heavy atom. The highest BCUT2D eigenvalue weighted by Gasteiger charge is 2.23. The summed E-state index contributed by atoms with van der Waals surface area (Å²) < 4.78 is 5.50. The number of benzene rings is 1. The Balaban J connectivity index is 1.79. The van der Waals surface area contributed by atoms with Gasteiger partial charge in [-0.05, 0) is 45.1 Å². The van der Waals surface area contributed by atoms with E-state index < -0.39 is 0 Å². The summed E-state index contributed by atoms with van der Waals surface area (Å²) in [6, 6.07) is 9.81. The highest BCUT2D eigenvalue weighted by molar-refractivity contribution is 5.77. The molecule has 1 aromatic carbocycles. The lowest BCUT2D eigenvalue weighted by atomic mass is 10.0. The number of piperidine rings is 1. The van der Waals surface area contributed by atoms with E-state index in [1.807, 2.05) is 42.3 Å². The summed E-state index contributed by atoms with van der Waals surface area (Å²) in [5.41, 5.74) is 0. The molecular formula is C15H22N2O2. The van der Waals surface area contributed by atoms with E-state index >= 15 is 0 Å². The van der Waals surface area contributed by atoms with Gasteiger partial charge in [0.05, 0.1) is 0 Å². The monoisotopic (exact) mass is 262 g/mol. The molecule has 1 aliphatic rings. The van der Waals surface area contributed by atoms with E-state index in [9.17, 15) is 4.79 Å². The van der Waals surface area contributed by atoms with Gasteiger partial charge in [0.15, 0.2) is 6.61 Å². The topological polar surface area (TPSA) is 32.8 Å². The summed E-state index contributed by atoms with van der Waals surface area (Å²) in [5.74, 6) is 0.797. The molecule has 1 aliphatic heterocycles. The zero-order valence-corrected chi connectivity index (χ0v) is 11.7. The number of carbonyl (C=O) groups is 1. The predicted octanol–water partition coefficient (Wildman–Crippen LogP) is 1.62. The molecule has 0 bridgehead atoms. The summed E-state index contributed by atoms with van der Waals surface area (Å²) in [7, 11) is 4.00. The molecule has 1 aromatic rings. The maximum atomic E-state index is 12.1. The van der Waals surface area contributed by atoms with Crippen LogP contribution in [0.2, 0.25) is 0 Å². The van der Waals surface area contributed by atoms with Crippen LogP contribution in [-0.4, -0.2) is 55.5 Å². The van der Waals surface area contributed by atoms with Crippen LogP contribution in [-0.2, 0) is 4.79 Å². The number of nitrogens with zero attached hydrogens (tertiary/aromatic N) is 2. The first kappa shape index (κ1) is 13.9. The first-order valence-corrected chi connectivity index (χ1v) is 6.79. The van der Waals surface area contributed by atoms with Gasteiger partial charge in [-0.25, -0.2) is 0 Å². The molecule has 0 N–H and O–H groups in total. The summed E-state index contributed by atoms with van der Waals surface area (Å²) in [6.45, 7) is 2.23. The minimum atomic E-state index is 0.0541. The van der Waals surface area contributed by atoms with Crippen LogP contribution in [0.4, 0.5) is 0 Å². The van der Waals surface area contributed by atoms with E-state index in [4.69, 9.17) is 4.74 Å². The quantitative estimate of drug-likeness (QED) is 0.826. The second kappa shape index (κ2) is 6.57. The molecule has 2 rings (SSSR count). The van der Waals surface area contributed by atoms with E-state index in [1.54, 1.807) is 0 Å². The van der Waals surface area contributed by atoms with Crippen molar-refractivity contribution in [2.75, 3.05) is 33.8 Å². The molecule has 1 fully saturated rings. The van der Waals surface area contributed by atoms with Crippen molar-refractivity contribution in [2.24, 2.45) is 0 Å². The standard InChI is InChI=1S/C15H22N2O2/c1-16-10-8-13(9-11-16)17(2)15(18)12-19-14-6-4-3-5-7-14/h3-7,13H,8-12H2,1-2H3. The van der Waals surface area contributed by atoms with E-state index in [2.05, 4.69) is 11.9 Å². The van der Waals surface area contributed by atoms with Crippen LogP contribution in [0.15, 0.2) is 30.3 Å². The predicted molar refractivity (Wildman–Crippen MR) is 75.2 cm³/mol. The molecule has 1 amide bonds. The van der Waals surface area contributed by atoms with Crippen molar-refractivity contribution in [3.8, 4) is 5.75 Å². The highest BCUT2D eigenvalue weighted by Crippen LogP contribution is 2.15. The van der Waals surface area contributed by atoms with E-state index in [-0.39, 0.29) is 12.5 Å². The zero-order valence-electron chi connectivity index (χ0n) is 11.7. The third kappa shape index (κ3) is 3.96. The second-order valence-corrected chi connectivity index (χ2v) is 5.14. The van der Waals surface area contributed by atoms with Crippen LogP contribution < -0.4 is 4.74 Å². The van der Waals surface area contributed by atoms with Crippen LogP contribution in [0.3, 0.4) is 0 Å². The Kier molecular flexibility index (Phi) is 4.80. The number of ether oxygens (including phenoxy) is 1. The fraction of sp³-hybridized carbons (Fsp3) is 0.533. The number of carbonyl (C=O) groups excluding carboxylic acids is 1. The lowest BCUT2D eigenvalue weighted by Gasteiger charge is -2.35. The van der Waals surface area contributed by atoms with Gasteiger partial charge < -0.3 is 14.5 Å². The summed E-state index contributed by atoms with van der Waals surface area (Å²) in [6.07, 6.45) is 2.09. The average molecular weight is 262 g/mol. The minimum absolute atomic E-state index is 0.0541. The molecule has 0 spiro atoms. The largest absolute Gasteiger partial charge is 0.484 e. The Hall–Kier alpha value is -1.55. The fourth-order valence-electron chi connectivity index (χ4n) is 2.35. The Bertz CT molecular complexity index is 400. The normalized spacial score (nSPS) is 17.2. The van der Waals surface area contributed by atoms with Crippen LogP contribution >= 0.6 is 0 Å². The first-order chi connectivity index (χ1) is 9.16. The van der Waals surface area contributed by atoms with Crippen molar-refractivity contribution in [3.05, 3.63) is 30.3 Å². The van der Waals surface area contributed by atoms with Crippen LogP contribution in [0.25, 0.3) is 0 Å². The van der Waals surface area contributed by atoms with Gasteiger partial charge in [-0.3, -0.25) is 4.79 Å². The number of amides is 1. The summed E-state index contributed by atoms with van der Waals surface area (Å²) >= 11 is 0. The highest BCUT2D eigenvalue weighted by atomic mass is 16.5. The molecule has 0 unspecified atom stereocenters. The number of likely N-dealkylation sites (N-methyl/N-ethyl adjacent to an activating group) is 1. The summed E-state index contributed by atoms with van der Waals surface area (Å²) in [4.78, 5) is 16.2. The number of para-hydroxylation sites is 1. The van der Waals surface area contributed by atoms with Crippen LogP contribution in [0, 0.1) is 0 Å². The van der Waals surface area contributed by atoms with Gasteiger partial charge in [-0.15, -0.1) is 0 Å². The van der Waals surface area contributed by atoms with Crippen molar-refractivity contribution in [3.63, 3.8) is 0 Å². The third-order valence-corrected chi connectivity index (χ3v) is 3.73. The molecule has 0 aromatic heterocycles. The average Bonchev–Trinajstić information content (AvgIpc) is 2.46. The lowest BCUT2D eigenvalue weighted by molar-refractivity contribution is -0.134. The zero-order chi connectivity index (χ0) is 13.7. The minimum Gasteiger partial charge on any atom is -0.484 e. The van der Waals surface area contributed by atoms with Crippen molar-refractivity contribution < 1.29 is 9.53 Å². The Morgan fingerprint density at radius 2 is 1.95 bits per heavy atom. The molecule has 0 radical (unpaired) electrons. The molecule has 0 aliphatic carbocycles. The molecule has 1 heterocycles. The molecule has 4 nitrogen and oxygen atoms in total. The van der Waals surface area contributed by atoms with E-state index in [1.165, 1.54) is 0 Å². The van der Waals surface area contributed by atoms with Gasteiger partial charge in [0.1, 0.15) is 5.75 Å². The van der Waals surface area contributed by atoms with Gasteiger partial charge in [-0.2, -0.15) is 0 Å². The number of hydrogen-bond donors (Lipinski definition) is 0. The Labute approximate surface area is 115 Å². The molecule has 19 heavy (non-hydrogen) atoms. The SMILES string of the molecule is CN1CCC(N(C)C(=O)COc2ccccc2)CC1. The molecule has 4 heteroatoms. The van der Waals surface area contributed by atoms with Crippen molar-refractivity contribution in [1.82, 2.24) is 9.80 Å². The van der Waals surface area contributed by atoms with Crippen LogP contribution in [0.5, 0.6) is 5.75 Å². The Morgan fingerprint density at radius 1 is 1.32 bits per heavy atom. The second-order valence-electron chi connectivity index (χ2n) is 5.14. The van der Waals surface area contributed by atoms with Crippen LogP contribution in [0.1, 0.15) is 12.8 Å². The first-order valence-electron chi connectivity index (χ1n) is 6.79. The van der Waals surface area contributed by atoms with Crippen molar-refractivity contribution in [2.45, 2.75) is 18.9 Å². The van der Waals surface area contributed by atoms with Gasteiger partial charge >= 0.3 is 0 Å². The van der Waals surface area contributed by atoms with Gasteiger partial charge in [0.25, 0.3) is 5.91 Å². The molecule has 0 saturated carbocycles. The van der Waals surface area contributed by atoms with E-state index in [0.29, 0.717) is 6.04 Å². The molecule has 104 valence electrons. The number of rotatable bonds is 4. The van der Waals surface area contributed by atoms with Gasteiger partial charge in [0.2, 0.25) is 0 Å². The maximum absolute atomic E-state index is 12.1. The molecular weight excluding hydrogens is 240 g/mol. The molecule has 0 atom stereocenters. The maximum Gasteiger partial charge on any atom is 0.260 e. The number of hydrogen-bond acceptors (Lipinski definition) is 3. The van der Waals surface area contributed by atoms with Crippen molar-refractivity contribution in [1.29, 1.82) is 0 Å². The smallest absolute Gasteiger partial charge is 0.260 e. The third-order valence-electron chi connectivity index (χ3n) is 3.73. The van der Waals surface area contributed by atoms with E-state index in [0.717, 1.165) is 31.7 Å². The summed E-state index contributed by atoms with van der Waals surface area (Å²) in [5, 5.41) is 0. The molecule has 1 saturated heterocycles. The van der Waals surface area contributed by atoms with Gasteiger partial charge in [-0.1, -0.05) is 18.2 Å². The fourth-order valence-corrected chi connectivity index (χ4v) is 2.35. The lowest BCUT2D eigenvalue weighted by Crippen LogP contribution is -2.45.